The summed E-state index contributed by atoms with van der Waals surface area (Å²) in [6.07, 6.45) is 0.924. The van der Waals surface area contributed by atoms with Gasteiger partial charge in [-0.3, -0.25) is 4.90 Å². The number of nitriles is 1. The second-order valence-corrected chi connectivity index (χ2v) is 7.84. The summed E-state index contributed by atoms with van der Waals surface area (Å²) >= 11 is 0. The molecule has 160 valence electrons. The molecule has 0 aromatic heterocycles. The summed E-state index contributed by atoms with van der Waals surface area (Å²) in [5.41, 5.74) is 4.59. The third kappa shape index (κ3) is 5.08. The first-order chi connectivity index (χ1) is 14.7. The number of rotatable bonds is 6. The number of nitrogens with zero attached hydrogens (tertiary/aromatic N) is 2. The lowest BCUT2D eigenvalue weighted by Gasteiger charge is -2.37. The minimum atomic E-state index is -0.627. The summed E-state index contributed by atoms with van der Waals surface area (Å²) in [6.45, 7) is 1.20. The highest BCUT2D eigenvalue weighted by atomic mass is 35.5. The van der Waals surface area contributed by atoms with Gasteiger partial charge in [-0.05, 0) is 48.2 Å². The van der Waals surface area contributed by atoms with Crippen LogP contribution in [0.4, 0.5) is 0 Å². The highest BCUT2D eigenvalue weighted by Crippen LogP contribution is 2.38. The summed E-state index contributed by atoms with van der Waals surface area (Å²) in [4.78, 5) is 2.20. The van der Waals surface area contributed by atoms with Crippen LogP contribution in [0, 0.1) is 11.3 Å². The molecule has 0 fully saturated rings. The Morgan fingerprint density at radius 1 is 1.00 bits per heavy atom. The highest BCUT2D eigenvalue weighted by Gasteiger charge is 2.33. The Hall–Kier alpha value is -2.84. The summed E-state index contributed by atoms with van der Waals surface area (Å²) in [6, 6.07) is 26.3. The quantitative estimate of drug-likeness (QED) is 0.590. The normalized spacial score (nSPS) is 17.4. The average molecular weight is 435 g/mol. The lowest BCUT2D eigenvalue weighted by molar-refractivity contribution is 0.0461. The second-order valence-electron chi connectivity index (χ2n) is 7.84. The molecule has 0 aliphatic heterocycles. The number of fused-ring (bicyclic) bond motifs is 1. The fraction of sp³-hybridized carbons (Fsp3) is 0.269. The number of aliphatic hydroxyl groups excluding tert-OH is 1. The summed E-state index contributed by atoms with van der Waals surface area (Å²) in [5.74, 6) is 0.586. The standard InChI is InChI=1S/C26H26N2O2.ClH/c1-28(17-19-8-4-2-5-9-19)24-14-12-21-22(26(24)29)13-15-25(23(21)16-27)30-18-20-10-6-3-7-11-20;/h2-11,13,15,24,26,29H,12,14,17-18H2,1H3;1H. The van der Waals surface area contributed by atoms with Crippen molar-refractivity contribution in [1.82, 2.24) is 4.90 Å². The molecular formula is C26H27ClN2O2. The molecule has 1 aliphatic carbocycles. The summed E-state index contributed by atoms with van der Waals surface area (Å²) in [7, 11) is 2.05. The maximum atomic E-state index is 11.1. The average Bonchev–Trinajstić information content (AvgIpc) is 2.78. The molecule has 0 heterocycles. The molecule has 0 spiro atoms. The van der Waals surface area contributed by atoms with Gasteiger partial charge in [0.2, 0.25) is 0 Å². The largest absolute Gasteiger partial charge is 0.488 e. The van der Waals surface area contributed by atoms with Crippen LogP contribution in [0.25, 0.3) is 0 Å². The molecule has 0 saturated heterocycles. The van der Waals surface area contributed by atoms with Gasteiger partial charge in [0.25, 0.3) is 0 Å². The third-order valence-corrected chi connectivity index (χ3v) is 5.87. The molecule has 4 nitrogen and oxygen atoms in total. The molecular weight excluding hydrogens is 408 g/mol. The van der Waals surface area contributed by atoms with Crippen LogP contribution in [-0.2, 0) is 19.6 Å². The Bertz CT molecular complexity index is 1030. The number of hydrogen-bond acceptors (Lipinski definition) is 4. The molecule has 3 aromatic rings. The number of aliphatic hydroxyl groups is 1. The van der Waals surface area contributed by atoms with Gasteiger partial charge < -0.3 is 9.84 Å². The molecule has 2 atom stereocenters. The molecule has 0 saturated carbocycles. The summed E-state index contributed by atoms with van der Waals surface area (Å²) < 4.78 is 5.95. The fourth-order valence-electron chi connectivity index (χ4n) is 4.27. The molecule has 31 heavy (non-hydrogen) atoms. The maximum Gasteiger partial charge on any atom is 0.137 e. The van der Waals surface area contributed by atoms with E-state index in [1.165, 1.54) is 5.56 Å². The molecule has 3 aromatic carbocycles. The van der Waals surface area contributed by atoms with Crippen molar-refractivity contribution >= 4 is 12.4 Å². The highest BCUT2D eigenvalue weighted by molar-refractivity contribution is 5.85. The minimum Gasteiger partial charge on any atom is -0.488 e. The van der Waals surface area contributed by atoms with Gasteiger partial charge in [-0.1, -0.05) is 66.7 Å². The molecule has 0 radical (unpaired) electrons. The second kappa shape index (κ2) is 10.5. The Labute approximate surface area is 190 Å². The number of likely N-dealkylation sites (N-methyl/N-ethyl adjacent to an activating group) is 1. The van der Waals surface area contributed by atoms with Crippen LogP contribution < -0.4 is 4.74 Å². The molecule has 1 N–H and O–H groups in total. The first-order valence-corrected chi connectivity index (χ1v) is 10.3. The van der Waals surface area contributed by atoms with E-state index in [4.69, 9.17) is 4.74 Å². The van der Waals surface area contributed by atoms with Crippen LogP contribution in [-0.4, -0.2) is 23.1 Å². The van der Waals surface area contributed by atoms with E-state index >= 15 is 0 Å². The third-order valence-electron chi connectivity index (χ3n) is 5.87. The van der Waals surface area contributed by atoms with Gasteiger partial charge in [-0.25, -0.2) is 0 Å². The number of ether oxygens (including phenoxy) is 1. The van der Waals surface area contributed by atoms with E-state index < -0.39 is 6.10 Å². The van der Waals surface area contributed by atoms with Crippen molar-refractivity contribution in [2.75, 3.05) is 7.05 Å². The maximum absolute atomic E-state index is 11.1. The SMILES string of the molecule is CN(Cc1ccccc1)C1CCc2c(ccc(OCc3ccccc3)c2C#N)C1O.Cl. The van der Waals surface area contributed by atoms with Crippen LogP contribution in [0.3, 0.4) is 0 Å². The molecule has 4 rings (SSSR count). The number of benzene rings is 3. The lowest BCUT2D eigenvalue weighted by atomic mass is 9.82. The Morgan fingerprint density at radius 3 is 2.29 bits per heavy atom. The molecule has 5 heteroatoms. The van der Waals surface area contributed by atoms with Crippen LogP contribution in [0.2, 0.25) is 0 Å². The monoisotopic (exact) mass is 434 g/mol. The zero-order chi connectivity index (χ0) is 20.9. The lowest BCUT2D eigenvalue weighted by Crippen LogP contribution is -2.39. The van der Waals surface area contributed by atoms with Gasteiger partial charge in [-0.15, -0.1) is 12.4 Å². The van der Waals surface area contributed by atoms with Gasteiger partial charge in [0, 0.05) is 12.6 Å². The van der Waals surface area contributed by atoms with Crippen LogP contribution in [0.5, 0.6) is 5.75 Å². The van der Waals surface area contributed by atoms with Crippen LogP contribution >= 0.6 is 12.4 Å². The van der Waals surface area contributed by atoms with Crippen LogP contribution in [0.15, 0.2) is 72.8 Å². The van der Waals surface area contributed by atoms with Crippen molar-refractivity contribution < 1.29 is 9.84 Å². The Balaban J connectivity index is 0.00000272. The van der Waals surface area contributed by atoms with E-state index in [-0.39, 0.29) is 18.4 Å². The van der Waals surface area contributed by atoms with Crippen molar-refractivity contribution in [1.29, 1.82) is 5.26 Å². The van der Waals surface area contributed by atoms with E-state index in [1.54, 1.807) is 0 Å². The molecule has 2 unspecified atom stereocenters. The van der Waals surface area contributed by atoms with Gasteiger partial charge in [0.15, 0.2) is 0 Å². The molecule has 0 bridgehead atoms. The fourth-order valence-corrected chi connectivity index (χ4v) is 4.27. The number of halogens is 1. The summed E-state index contributed by atoms with van der Waals surface area (Å²) in [5, 5.41) is 20.9. The van der Waals surface area contributed by atoms with Gasteiger partial charge in [-0.2, -0.15) is 5.26 Å². The van der Waals surface area contributed by atoms with E-state index in [9.17, 15) is 10.4 Å². The molecule has 1 aliphatic rings. The predicted molar refractivity (Wildman–Crippen MR) is 124 cm³/mol. The van der Waals surface area contributed by atoms with Crippen molar-refractivity contribution in [2.24, 2.45) is 0 Å². The zero-order valence-corrected chi connectivity index (χ0v) is 18.4. The first kappa shape index (κ1) is 22.8. The van der Waals surface area contributed by atoms with Crippen molar-refractivity contribution in [3.8, 4) is 11.8 Å². The van der Waals surface area contributed by atoms with Gasteiger partial charge in [0.1, 0.15) is 18.4 Å². The van der Waals surface area contributed by atoms with E-state index in [1.807, 2.05) is 60.7 Å². The zero-order valence-electron chi connectivity index (χ0n) is 17.6. The van der Waals surface area contributed by atoms with E-state index in [0.29, 0.717) is 17.9 Å². The Kier molecular flexibility index (Phi) is 7.70. The van der Waals surface area contributed by atoms with E-state index in [2.05, 4.69) is 30.1 Å². The van der Waals surface area contributed by atoms with Gasteiger partial charge in [0.05, 0.1) is 11.7 Å². The first-order valence-electron chi connectivity index (χ1n) is 10.3. The van der Waals surface area contributed by atoms with Crippen LogP contribution in [0.1, 0.15) is 40.3 Å². The topological polar surface area (TPSA) is 56.5 Å². The van der Waals surface area contributed by atoms with Gasteiger partial charge >= 0.3 is 0 Å². The minimum absolute atomic E-state index is 0. The van der Waals surface area contributed by atoms with Crippen molar-refractivity contribution in [3.05, 3.63) is 101 Å². The molecule has 0 amide bonds. The van der Waals surface area contributed by atoms with E-state index in [0.717, 1.165) is 36.1 Å². The van der Waals surface area contributed by atoms with Crippen molar-refractivity contribution in [2.45, 2.75) is 38.1 Å². The predicted octanol–water partition coefficient (Wildman–Crippen LogP) is 5.04. The Morgan fingerprint density at radius 2 is 1.65 bits per heavy atom. The van der Waals surface area contributed by atoms with Crippen molar-refractivity contribution in [3.63, 3.8) is 0 Å². The number of hydrogen-bond donors (Lipinski definition) is 1. The smallest absolute Gasteiger partial charge is 0.137 e.